The molecule has 2 amide bonds. The van der Waals surface area contributed by atoms with Gasteiger partial charge in [0.1, 0.15) is 0 Å². The fourth-order valence-electron chi connectivity index (χ4n) is 7.66. The van der Waals surface area contributed by atoms with Crippen molar-refractivity contribution in [3.63, 3.8) is 0 Å². The molecule has 2 N–H and O–H groups in total. The SMILES string of the molecule is CC1CN([C@H]2C[C@@H](CO[C@H]3CC[C@H](C(=O)O)CC3)N(C(=O)Cc3cc(Cl)c(NC(=O)c4cn(C)c5ccccc45)cc3Cl)C2)CC(C)O1. The maximum Gasteiger partial charge on any atom is 0.306 e. The van der Waals surface area contributed by atoms with E-state index in [-0.39, 0.29) is 54.5 Å². The molecule has 3 heterocycles. The van der Waals surface area contributed by atoms with Gasteiger partial charge in [0.15, 0.2) is 0 Å². The molecule has 0 spiro atoms. The van der Waals surface area contributed by atoms with Crippen molar-refractivity contribution in [2.45, 2.75) is 82.8 Å². The van der Waals surface area contributed by atoms with Crippen molar-refractivity contribution in [1.82, 2.24) is 14.4 Å². The summed E-state index contributed by atoms with van der Waals surface area (Å²) in [5.74, 6) is -1.42. The number of nitrogens with one attached hydrogen (secondary N) is 1. The summed E-state index contributed by atoms with van der Waals surface area (Å²) < 4.78 is 14.2. The Morgan fingerprint density at radius 2 is 1.71 bits per heavy atom. The number of fused-ring (bicyclic) bond motifs is 1. The summed E-state index contributed by atoms with van der Waals surface area (Å²) in [6.45, 7) is 6.73. The van der Waals surface area contributed by atoms with Crippen LogP contribution in [0.1, 0.15) is 61.9 Å². The Morgan fingerprint density at radius 3 is 2.42 bits per heavy atom. The molecule has 2 aromatic carbocycles. The van der Waals surface area contributed by atoms with Gasteiger partial charge in [-0.3, -0.25) is 19.3 Å². The monoisotopic (exact) mass is 698 g/mol. The molecule has 2 saturated heterocycles. The molecule has 3 aliphatic rings. The predicted octanol–water partition coefficient (Wildman–Crippen LogP) is 6.02. The fraction of sp³-hybridized carbons (Fsp3) is 0.528. The van der Waals surface area contributed by atoms with Crippen LogP contribution in [0.4, 0.5) is 5.69 Å². The molecule has 1 saturated carbocycles. The van der Waals surface area contributed by atoms with Crippen molar-refractivity contribution in [3.05, 3.63) is 63.8 Å². The zero-order valence-electron chi connectivity index (χ0n) is 27.7. The van der Waals surface area contributed by atoms with Crippen LogP contribution < -0.4 is 5.32 Å². The van der Waals surface area contributed by atoms with Crippen molar-refractivity contribution in [1.29, 1.82) is 0 Å². The summed E-state index contributed by atoms with van der Waals surface area (Å²) in [7, 11) is 1.89. The second-order valence-corrected chi connectivity index (χ2v) is 14.5. The van der Waals surface area contributed by atoms with Crippen molar-refractivity contribution >= 4 is 57.6 Å². The number of carboxylic acids is 1. The lowest BCUT2D eigenvalue weighted by Crippen LogP contribution is -2.51. The number of carbonyl (C=O) groups excluding carboxylic acids is 2. The average Bonchev–Trinajstić information content (AvgIpc) is 3.64. The molecule has 3 fully saturated rings. The highest BCUT2D eigenvalue weighted by atomic mass is 35.5. The number of aliphatic carboxylic acids is 1. The molecule has 3 aromatic rings. The largest absolute Gasteiger partial charge is 0.481 e. The number of aromatic nitrogens is 1. The highest BCUT2D eigenvalue weighted by molar-refractivity contribution is 6.36. The maximum atomic E-state index is 14.0. The number of carboxylic acid groups (broad SMARTS) is 1. The van der Waals surface area contributed by atoms with E-state index in [1.807, 2.05) is 40.8 Å². The number of anilines is 1. The molecular weight excluding hydrogens is 655 g/mol. The topological polar surface area (TPSA) is 113 Å². The minimum absolute atomic E-state index is 0.00934. The van der Waals surface area contributed by atoms with E-state index in [2.05, 4.69) is 24.1 Å². The van der Waals surface area contributed by atoms with Gasteiger partial charge in [0.05, 0.1) is 59.6 Å². The predicted molar refractivity (Wildman–Crippen MR) is 186 cm³/mol. The number of amides is 2. The summed E-state index contributed by atoms with van der Waals surface area (Å²) in [6, 6.07) is 11.0. The second-order valence-electron chi connectivity index (χ2n) is 13.7. The minimum Gasteiger partial charge on any atom is -0.481 e. The zero-order chi connectivity index (χ0) is 34.1. The normalized spacial score (nSPS) is 26.6. The summed E-state index contributed by atoms with van der Waals surface area (Å²) in [6.07, 6.45) is 5.46. The van der Waals surface area contributed by atoms with Gasteiger partial charge in [-0.1, -0.05) is 41.4 Å². The van der Waals surface area contributed by atoms with Crippen molar-refractivity contribution in [2.75, 3.05) is 31.6 Å². The third-order valence-corrected chi connectivity index (χ3v) is 10.8. The van der Waals surface area contributed by atoms with E-state index < -0.39 is 5.97 Å². The first-order valence-electron chi connectivity index (χ1n) is 16.8. The van der Waals surface area contributed by atoms with Crippen molar-refractivity contribution < 1.29 is 29.0 Å². The first-order chi connectivity index (χ1) is 23.0. The summed E-state index contributed by atoms with van der Waals surface area (Å²) in [5.41, 5.74) is 2.42. The molecule has 12 heteroatoms. The third kappa shape index (κ3) is 7.68. The first kappa shape index (κ1) is 34.7. The lowest BCUT2D eigenvalue weighted by atomic mass is 9.87. The number of aryl methyl sites for hydroxylation is 1. The van der Waals surface area contributed by atoms with Crippen LogP contribution in [0.3, 0.4) is 0 Å². The Hall–Kier alpha value is -3.15. The second kappa shape index (κ2) is 14.8. The van der Waals surface area contributed by atoms with Crippen LogP contribution in [0.2, 0.25) is 10.0 Å². The van der Waals surface area contributed by atoms with Crippen LogP contribution in [-0.4, -0.2) is 93.9 Å². The maximum absolute atomic E-state index is 14.0. The van der Waals surface area contributed by atoms with Crippen molar-refractivity contribution in [2.24, 2.45) is 13.0 Å². The molecule has 1 aromatic heterocycles. The van der Waals surface area contributed by atoms with Gasteiger partial charge < -0.3 is 29.4 Å². The molecule has 6 rings (SSSR count). The Kier molecular flexibility index (Phi) is 10.7. The fourth-order valence-corrected chi connectivity index (χ4v) is 8.12. The highest BCUT2D eigenvalue weighted by Crippen LogP contribution is 2.33. The lowest BCUT2D eigenvalue weighted by molar-refractivity contribution is -0.144. The van der Waals surface area contributed by atoms with Crippen LogP contribution in [0.15, 0.2) is 42.6 Å². The number of para-hydroxylation sites is 1. The Bertz CT molecular complexity index is 1660. The zero-order valence-corrected chi connectivity index (χ0v) is 29.2. The highest BCUT2D eigenvalue weighted by Gasteiger charge is 2.40. The van der Waals surface area contributed by atoms with Gasteiger partial charge in [-0.15, -0.1) is 0 Å². The smallest absolute Gasteiger partial charge is 0.306 e. The van der Waals surface area contributed by atoms with E-state index in [0.717, 1.165) is 30.4 Å². The molecule has 2 unspecified atom stereocenters. The molecule has 10 nitrogen and oxygen atoms in total. The molecule has 48 heavy (non-hydrogen) atoms. The molecule has 2 aliphatic heterocycles. The van der Waals surface area contributed by atoms with Crippen LogP contribution >= 0.6 is 23.2 Å². The molecule has 0 bridgehead atoms. The number of nitrogens with zero attached hydrogens (tertiary/aromatic N) is 3. The molecule has 258 valence electrons. The quantitative estimate of drug-likeness (QED) is 0.281. The number of rotatable bonds is 9. The number of benzene rings is 2. The Balaban J connectivity index is 1.14. The standard InChI is InChI=1S/C36H44Cl2N4O6/c1-21-16-41(17-22(2)48-21)25-14-26(20-47-27-10-8-23(9-11-27)36(45)46)42(18-25)34(43)13-24-12-31(38)32(15-30(24)37)39-35(44)29-19-40(3)33-7-5-4-6-28(29)33/h4-7,12,15,19,21-23,25-27H,8-11,13-14,16-18,20H2,1-3H3,(H,39,44)(H,45,46)/t21?,22?,23-,25-,26-,27-/m0/s1. The number of ether oxygens (including phenoxy) is 2. The van der Waals surface area contributed by atoms with Crippen LogP contribution in [0.5, 0.6) is 0 Å². The number of hydrogen-bond acceptors (Lipinski definition) is 6. The molecular formula is C36H44Cl2N4O6. The van der Waals surface area contributed by atoms with Gasteiger partial charge in [-0.05, 0) is 69.7 Å². The number of carbonyl (C=O) groups is 3. The van der Waals surface area contributed by atoms with Crippen LogP contribution in [0, 0.1) is 5.92 Å². The summed E-state index contributed by atoms with van der Waals surface area (Å²) >= 11 is 13.4. The summed E-state index contributed by atoms with van der Waals surface area (Å²) in [4.78, 5) is 43.0. The van der Waals surface area contributed by atoms with E-state index in [0.29, 0.717) is 65.7 Å². The van der Waals surface area contributed by atoms with E-state index in [9.17, 15) is 19.5 Å². The van der Waals surface area contributed by atoms with Crippen LogP contribution in [0.25, 0.3) is 10.9 Å². The Morgan fingerprint density at radius 1 is 1.00 bits per heavy atom. The molecule has 4 atom stereocenters. The third-order valence-electron chi connectivity index (χ3n) is 10.1. The molecule has 1 aliphatic carbocycles. The van der Waals surface area contributed by atoms with Gasteiger partial charge in [0.25, 0.3) is 5.91 Å². The molecule has 0 radical (unpaired) electrons. The van der Waals surface area contributed by atoms with Gasteiger partial charge >= 0.3 is 5.97 Å². The van der Waals surface area contributed by atoms with Gasteiger partial charge in [-0.25, -0.2) is 0 Å². The average molecular weight is 700 g/mol. The van der Waals surface area contributed by atoms with E-state index >= 15 is 0 Å². The summed E-state index contributed by atoms with van der Waals surface area (Å²) in [5, 5.41) is 13.7. The number of halogens is 2. The van der Waals surface area contributed by atoms with Crippen molar-refractivity contribution in [3.8, 4) is 0 Å². The van der Waals surface area contributed by atoms with Crippen LogP contribution in [-0.2, 0) is 32.5 Å². The minimum atomic E-state index is -0.739. The van der Waals surface area contributed by atoms with E-state index in [1.165, 1.54) is 0 Å². The van der Waals surface area contributed by atoms with E-state index in [1.54, 1.807) is 18.3 Å². The first-order valence-corrected chi connectivity index (χ1v) is 17.6. The number of likely N-dealkylation sites (tertiary alicyclic amines) is 1. The lowest BCUT2D eigenvalue weighted by Gasteiger charge is -2.38. The van der Waals surface area contributed by atoms with Gasteiger partial charge in [0.2, 0.25) is 5.91 Å². The Labute approximate surface area is 291 Å². The van der Waals surface area contributed by atoms with E-state index in [4.69, 9.17) is 32.7 Å². The number of morpholine rings is 1. The van der Waals surface area contributed by atoms with Gasteiger partial charge in [-0.2, -0.15) is 0 Å². The van der Waals surface area contributed by atoms with Gasteiger partial charge in [0, 0.05) is 54.8 Å². The number of hydrogen-bond donors (Lipinski definition) is 2.